The minimum Gasteiger partial charge on any atom is -0.497 e. The minimum atomic E-state index is -3.47. The molecule has 178 valence electrons. The second-order valence-electron chi connectivity index (χ2n) is 9.20. The lowest BCUT2D eigenvalue weighted by Crippen LogP contribution is -2.62. The van der Waals surface area contributed by atoms with Crippen LogP contribution >= 0.6 is 0 Å². The number of carboxylic acid groups (broad SMARTS) is 1. The Morgan fingerprint density at radius 3 is 2.33 bits per heavy atom. The highest BCUT2D eigenvalue weighted by Crippen LogP contribution is 2.37. The van der Waals surface area contributed by atoms with Gasteiger partial charge in [-0.1, -0.05) is 32.9 Å². The normalized spacial score (nSPS) is 18.3. The highest BCUT2D eigenvalue weighted by molar-refractivity contribution is 7.91. The first-order valence-electron chi connectivity index (χ1n) is 10.4. The van der Waals surface area contributed by atoms with Gasteiger partial charge in [0.2, 0.25) is 5.91 Å². The maximum absolute atomic E-state index is 12.3. The number of amides is 2. The summed E-state index contributed by atoms with van der Waals surface area (Å²) in [5.74, 6) is -0.150. The number of ether oxygens (including phenoxy) is 1. The van der Waals surface area contributed by atoms with Crippen molar-refractivity contribution in [3.05, 3.63) is 53.2 Å². The number of rotatable bonds is 7. The smallest absolute Gasteiger partial charge is 0.413 e. The van der Waals surface area contributed by atoms with Crippen LogP contribution in [0.5, 0.6) is 5.75 Å². The van der Waals surface area contributed by atoms with Crippen LogP contribution in [0.15, 0.2) is 36.5 Å². The van der Waals surface area contributed by atoms with E-state index in [4.69, 9.17) is 4.74 Å². The van der Waals surface area contributed by atoms with E-state index in [1.54, 1.807) is 37.4 Å². The molecule has 2 N–H and O–H groups in total. The summed E-state index contributed by atoms with van der Waals surface area (Å²) in [7, 11) is -1.91. The second-order valence-corrected chi connectivity index (χ2v) is 11.4. The van der Waals surface area contributed by atoms with Crippen LogP contribution in [0, 0.1) is 5.92 Å². The largest absolute Gasteiger partial charge is 0.497 e. The molecule has 1 aliphatic rings. The third-order valence-corrected chi connectivity index (χ3v) is 7.01. The predicted octanol–water partition coefficient (Wildman–Crippen LogP) is 2.73. The van der Waals surface area contributed by atoms with Gasteiger partial charge in [-0.25, -0.2) is 18.2 Å². The van der Waals surface area contributed by atoms with Crippen molar-refractivity contribution in [3.63, 3.8) is 0 Å². The summed E-state index contributed by atoms with van der Waals surface area (Å²) in [5, 5.41) is 11.5. The molecule has 1 aliphatic heterocycles. The Kier molecular flexibility index (Phi) is 6.69. The Labute approximate surface area is 193 Å². The summed E-state index contributed by atoms with van der Waals surface area (Å²) >= 11 is 0. The SMILES string of the molecule is COc1ccc(CN(C(=O)O)c2nccc(C[C@H]3C(=O)N[C@@H]3S(C)(=O)=O)c2C(C)(C)C)cc1. The van der Waals surface area contributed by atoms with Gasteiger partial charge < -0.3 is 15.2 Å². The predicted molar refractivity (Wildman–Crippen MR) is 124 cm³/mol. The fraction of sp³-hybridized carbons (Fsp3) is 0.435. The van der Waals surface area contributed by atoms with Crippen LogP contribution in [0.4, 0.5) is 10.6 Å². The molecular formula is C23H29N3O6S. The summed E-state index contributed by atoms with van der Waals surface area (Å²) in [6, 6.07) is 8.80. The van der Waals surface area contributed by atoms with Crippen LogP contribution in [0.1, 0.15) is 37.5 Å². The van der Waals surface area contributed by atoms with Gasteiger partial charge in [0.15, 0.2) is 9.84 Å². The van der Waals surface area contributed by atoms with Gasteiger partial charge in [-0.2, -0.15) is 0 Å². The van der Waals surface area contributed by atoms with Crippen molar-refractivity contribution in [1.82, 2.24) is 10.3 Å². The van der Waals surface area contributed by atoms with Crippen LogP contribution in [-0.2, 0) is 33.0 Å². The molecule has 33 heavy (non-hydrogen) atoms. The van der Waals surface area contributed by atoms with Gasteiger partial charge in [-0.3, -0.25) is 9.69 Å². The molecule has 0 unspecified atom stereocenters. The van der Waals surface area contributed by atoms with Crippen LogP contribution in [0.3, 0.4) is 0 Å². The summed E-state index contributed by atoms with van der Waals surface area (Å²) in [6.45, 7) is 5.85. The van der Waals surface area contributed by atoms with Crippen LogP contribution in [0.25, 0.3) is 0 Å². The highest BCUT2D eigenvalue weighted by atomic mass is 32.2. The van der Waals surface area contributed by atoms with Gasteiger partial charge in [0, 0.05) is 18.0 Å². The third kappa shape index (κ3) is 5.27. The number of nitrogens with zero attached hydrogens (tertiary/aromatic N) is 2. The molecule has 2 aromatic rings. The molecule has 0 saturated carbocycles. The Bertz CT molecular complexity index is 1160. The Morgan fingerprint density at radius 2 is 1.85 bits per heavy atom. The van der Waals surface area contributed by atoms with Crippen molar-refractivity contribution in [3.8, 4) is 5.75 Å². The third-order valence-electron chi connectivity index (χ3n) is 5.64. The molecule has 1 aromatic carbocycles. The lowest BCUT2D eigenvalue weighted by atomic mass is 9.80. The second kappa shape index (κ2) is 9.01. The molecule has 0 bridgehead atoms. The number of benzene rings is 1. The molecule has 1 aromatic heterocycles. The van der Waals surface area contributed by atoms with Crippen molar-refractivity contribution >= 4 is 27.7 Å². The molecule has 10 heteroatoms. The molecule has 9 nitrogen and oxygen atoms in total. The standard InChI is InChI=1S/C23H29N3O6S/c1-23(2,3)18-15(12-17-20(27)25-21(17)33(5,30)31)10-11-24-19(18)26(22(28)29)13-14-6-8-16(32-4)9-7-14/h6-11,17,21H,12-13H2,1-5H3,(H,25,27)(H,28,29)/t17-,21+/m0/s1. The van der Waals surface area contributed by atoms with E-state index in [-0.39, 0.29) is 24.7 Å². The topological polar surface area (TPSA) is 126 Å². The van der Waals surface area contributed by atoms with Crippen LogP contribution < -0.4 is 15.0 Å². The number of nitrogens with one attached hydrogen (secondary N) is 1. The number of carbonyl (C=O) groups excluding carboxylic acids is 1. The zero-order valence-electron chi connectivity index (χ0n) is 19.3. The summed E-state index contributed by atoms with van der Waals surface area (Å²) in [4.78, 5) is 30.0. The van der Waals surface area contributed by atoms with Gasteiger partial charge in [-0.15, -0.1) is 0 Å². The van der Waals surface area contributed by atoms with Gasteiger partial charge in [0.25, 0.3) is 0 Å². The van der Waals surface area contributed by atoms with E-state index < -0.39 is 32.6 Å². The monoisotopic (exact) mass is 475 g/mol. The molecule has 1 fully saturated rings. The minimum absolute atomic E-state index is 0.0642. The quantitative estimate of drug-likeness (QED) is 0.590. The number of anilines is 1. The van der Waals surface area contributed by atoms with E-state index in [2.05, 4.69) is 10.3 Å². The van der Waals surface area contributed by atoms with Gasteiger partial charge >= 0.3 is 6.09 Å². The molecule has 0 radical (unpaired) electrons. The maximum atomic E-state index is 12.3. The first-order chi connectivity index (χ1) is 15.3. The zero-order valence-corrected chi connectivity index (χ0v) is 20.1. The molecule has 0 aliphatic carbocycles. The number of carbonyl (C=O) groups is 2. The van der Waals surface area contributed by atoms with E-state index in [0.717, 1.165) is 11.8 Å². The van der Waals surface area contributed by atoms with E-state index in [9.17, 15) is 23.1 Å². The summed E-state index contributed by atoms with van der Waals surface area (Å²) in [5.41, 5.74) is 1.59. The molecular weight excluding hydrogens is 446 g/mol. The van der Waals surface area contributed by atoms with Gasteiger partial charge in [-0.05, 0) is 41.2 Å². The van der Waals surface area contributed by atoms with Gasteiger partial charge in [0.1, 0.15) is 16.9 Å². The van der Waals surface area contributed by atoms with Crippen molar-refractivity contribution in [2.75, 3.05) is 18.3 Å². The lowest BCUT2D eigenvalue weighted by molar-refractivity contribution is -0.132. The fourth-order valence-corrected chi connectivity index (χ4v) is 5.21. The molecule has 3 rings (SSSR count). The number of hydrogen-bond donors (Lipinski definition) is 2. The lowest BCUT2D eigenvalue weighted by Gasteiger charge is -2.37. The number of β-lactam (4-membered cyclic amide) rings is 1. The number of sulfone groups is 1. The van der Waals surface area contributed by atoms with Crippen LogP contribution in [0.2, 0.25) is 0 Å². The zero-order chi connectivity index (χ0) is 24.6. The van der Waals surface area contributed by atoms with E-state index >= 15 is 0 Å². The van der Waals surface area contributed by atoms with E-state index in [1.165, 1.54) is 11.1 Å². The number of aromatic nitrogens is 1. The Hall–Kier alpha value is -3.14. The summed E-state index contributed by atoms with van der Waals surface area (Å²) < 4.78 is 29.2. The van der Waals surface area contributed by atoms with Gasteiger partial charge in [0.05, 0.1) is 19.6 Å². The van der Waals surface area contributed by atoms with Crippen molar-refractivity contribution < 1.29 is 27.9 Å². The summed E-state index contributed by atoms with van der Waals surface area (Å²) in [6.07, 6.45) is 1.59. The van der Waals surface area contributed by atoms with Crippen molar-refractivity contribution in [2.24, 2.45) is 5.92 Å². The average molecular weight is 476 g/mol. The molecule has 0 spiro atoms. The molecule has 2 atom stereocenters. The van der Waals surface area contributed by atoms with Crippen molar-refractivity contribution in [2.45, 2.75) is 44.5 Å². The number of hydrogen-bond acceptors (Lipinski definition) is 6. The highest BCUT2D eigenvalue weighted by Gasteiger charge is 2.46. The van der Waals surface area contributed by atoms with E-state index in [1.807, 2.05) is 20.8 Å². The average Bonchev–Trinajstić information content (AvgIpc) is 2.72. The maximum Gasteiger partial charge on any atom is 0.413 e. The molecule has 2 heterocycles. The fourth-order valence-electron chi connectivity index (χ4n) is 4.06. The Morgan fingerprint density at radius 1 is 1.21 bits per heavy atom. The number of pyridine rings is 1. The van der Waals surface area contributed by atoms with E-state index in [0.29, 0.717) is 16.9 Å². The molecule has 2 amide bonds. The van der Waals surface area contributed by atoms with Crippen LogP contribution in [-0.4, -0.2) is 49.2 Å². The first-order valence-corrected chi connectivity index (χ1v) is 12.4. The Balaban J connectivity index is 2.03. The van der Waals surface area contributed by atoms with Crippen molar-refractivity contribution in [1.29, 1.82) is 0 Å². The first kappa shape index (κ1) is 24.5. The molecule has 1 saturated heterocycles. The number of methoxy groups -OCH3 is 1.